The number of benzene rings is 4. The van der Waals surface area contributed by atoms with Gasteiger partial charge in [0.05, 0.1) is 12.7 Å². The van der Waals surface area contributed by atoms with Crippen molar-refractivity contribution >= 4 is 42.5 Å². The fourth-order valence-corrected chi connectivity index (χ4v) is 5.34. The van der Waals surface area contributed by atoms with Crippen molar-refractivity contribution in [3.63, 3.8) is 0 Å². The normalized spacial score (nSPS) is 11.5. The molecule has 0 aliphatic heterocycles. The number of carbonyl (C=O) groups is 2. The quantitative estimate of drug-likeness (QED) is 0.172. The van der Waals surface area contributed by atoms with Gasteiger partial charge in [-0.2, -0.15) is 11.8 Å². The maximum absolute atomic E-state index is 13.4. The molecule has 2 N–H and O–H groups in total. The van der Waals surface area contributed by atoms with Gasteiger partial charge in [-0.25, -0.2) is 4.79 Å². The summed E-state index contributed by atoms with van der Waals surface area (Å²) in [5.41, 5.74) is 6.56. The number of aliphatic carboxylic acids is 1. The Kier molecular flexibility index (Phi) is 13.4. The molecule has 4 aromatic carbocycles. The van der Waals surface area contributed by atoms with Crippen molar-refractivity contribution in [3.05, 3.63) is 131 Å². The molecule has 214 valence electrons. The van der Waals surface area contributed by atoms with Crippen LogP contribution in [0.2, 0.25) is 0 Å². The van der Waals surface area contributed by atoms with Crippen LogP contribution in [0.25, 0.3) is 11.1 Å². The van der Waals surface area contributed by atoms with Crippen LogP contribution < -0.4 is 5.32 Å². The third-order valence-electron chi connectivity index (χ3n) is 7.08. The standard InChI is InChI=1S/C35H37NO4S.Li.H/c1-25-11-9-10-16-30(25)32-23-28(17-18-31(32)34(37)36-33(35(38)39)19-20-41-2)24-40-29(21-26-12-5-3-6-13-26)22-27-14-7-4-8-15-27;;/h3-18,23,29,33H,19-22,24H2,1-2H3,(H,36,37)(H,38,39);;. The van der Waals surface area contributed by atoms with Crippen molar-refractivity contribution in [2.45, 2.75) is 44.9 Å². The Bertz CT molecular complexity index is 1390. The molecule has 1 amide bonds. The zero-order valence-corrected chi connectivity index (χ0v) is 24.4. The molecular weight excluding hydrogens is 537 g/mol. The predicted octanol–water partition coefficient (Wildman–Crippen LogP) is 6.32. The second-order valence-electron chi connectivity index (χ2n) is 10.2. The summed E-state index contributed by atoms with van der Waals surface area (Å²) in [4.78, 5) is 25.2. The molecule has 1 atom stereocenters. The van der Waals surface area contributed by atoms with Crippen LogP contribution in [0.3, 0.4) is 0 Å². The monoisotopic (exact) mass is 575 g/mol. The van der Waals surface area contributed by atoms with Crippen LogP contribution in [-0.2, 0) is 29.0 Å². The zero-order valence-electron chi connectivity index (χ0n) is 23.6. The van der Waals surface area contributed by atoms with Gasteiger partial charge in [0.25, 0.3) is 5.91 Å². The van der Waals surface area contributed by atoms with E-state index in [9.17, 15) is 14.7 Å². The SMILES string of the molecule is CSCCC(NC(=O)c1ccc(COC(Cc2ccccc2)Cc2ccccc2)cc1-c1ccccc1C)C(=O)O.[LiH]. The second kappa shape index (κ2) is 17.0. The van der Waals surface area contributed by atoms with Gasteiger partial charge in [0.1, 0.15) is 6.04 Å². The summed E-state index contributed by atoms with van der Waals surface area (Å²) >= 11 is 1.55. The Hall–Kier alpha value is -3.27. The van der Waals surface area contributed by atoms with Gasteiger partial charge in [0.15, 0.2) is 0 Å². The number of aryl methyl sites for hydroxylation is 1. The van der Waals surface area contributed by atoms with E-state index >= 15 is 0 Å². The molecule has 5 nitrogen and oxygen atoms in total. The Balaban J connectivity index is 0.00000484. The number of carbonyl (C=O) groups excluding carboxylic acids is 1. The predicted molar refractivity (Wildman–Crippen MR) is 175 cm³/mol. The van der Waals surface area contributed by atoms with Crippen LogP contribution >= 0.6 is 11.8 Å². The number of hydrogen-bond donors (Lipinski definition) is 2. The van der Waals surface area contributed by atoms with E-state index < -0.39 is 17.9 Å². The molecule has 4 rings (SSSR count). The van der Waals surface area contributed by atoms with E-state index in [0.717, 1.165) is 35.1 Å². The molecule has 7 heteroatoms. The number of carboxylic acid groups (broad SMARTS) is 1. The number of amides is 1. The molecule has 0 aromatic heterocycles. The zero-order chi connectivity index (χ0) is 29.0. The number of nitrogens with one attached hydrogen (secondary N) is 1. The summed E-state index contributed by atoms with van der Waals surface area (Å²) in [6.45, 7) is 2.39. The van der Waals surface area contributed by atoms with Crippen molar-refractivity contribution in [2.24, 2.45) is 0 Å². The minimum absolute atomic E-state index is 0. The molecule has 0 saturated heterocycles. The van der Waals surface area contributed by atoms with Gasteiger partial charge in [-0.1, -0.05) is 91.0 Å². The van der Waals surface area contributed by atoms with Crippen molar-refractivity contribution in [1.82, 2.24) is 5.32 Å². The molecule has 0 bridgehead atoms. The Morgan fingerprint density at radius 2 is 1.40 bits per heavy atom. The Morgan fingerprint density at radius 1 is 0.810 bits per heavy atom. The van der Waals surface area contributed by atoms with Crippen LogP contribution in [0.15, 0.2) is 103 Å². The maximum atomic E-state index is 13.4. The fourth-order valence-electron chi connectivity index (χ4n) is 4.86. The Morgan fingerprint density at radius 3 is 1.98 bits per heavy atom. The molecule has 0 spiro atoms. The van der Waals surface area contributed by atoms with Crippen molar-refractivity contribution in [2.75, 3.05) is 12.0 Å². The van der Waals surface area contributed by atoms with E-state index in [1.807, 2.05) is 86.0 Å². The molecule has 42 heavy (non-hydrogen) atoms. The topological polar surface area (TPSA) is 75.6 Å². The van der Waals surface area contributed by atoms with E-state index in [0.29, 0.717) is 24.3 Å². The van der Waals surface area contributed by atoms with Gasteiger partial charge in [-0.15, -0.1) is 0 Å². The summed E-state index contributed by atoms with van der Waals surface area (Å²) in [5, 5.41) is 12.4. The summed E-state index contributed by atoms with van der Waals surface area (Å²) < 4.78 is 6.52. The van der Waals surface area contributed by atoms with E-state index in [4.69, 9.17) is 4.74 Å². The molecular formula is C35H38LiNO4S. The van der Waals surface area contributed by atoms with Gasteiger partial charge in [-0.05, 0) is 83.7 Å². The molecule has 0 fully saturated rings. The summed E-state index contributed by atoms with van der Waals surface area (Å²) in [6.07, 6.45) is 3.82. The van der Waals surface area contributed by atoms with Gasteiger partial charge >= 0.3 is 24.8 Å². The molecule has 0 aliphatic rings. The summed E-state index contributed by atoms with van der Waals surface area (Å²) in [5.74, 6) is -0.779. The average Bonchev–Trinajstić information content (AvgIpc) is 2.99. The molecule has 0 radical (unpaired) electrons. The van der Waals surface area contributed by atoms with Crippen LogP contribution in [0, 0.1) is 6.92 Å². The first-order chi connectivity index (χ1) is 19.9. The first-order valence-electron chi connectivity index (χ1n) is 13.9. The van der Waals surface area contributed by atoms with Gasteiger partial charge in [-0.3, -0.25) is 4.79 Å². The minimum atomic E-state index is -1.03. The first kappa shape index (κ1) is 33.2. The third kappa shape index (κ3) is 9.64. The van der Waals surface area contributed by atoms with Gasteiger partial charge in [0, 0.05) is 5.56 Å². The van der Waals surface area contributed by atoms with E-state index in [-0.39, 0.29) is 25.0 Å². The molecule has 0 saturated carbocycles. The third-order valence-corrected chi connectivity index (χ3v) is 7.72. The summed E-state index contributed by atoms with van der Waals surface area (Å²) in [6, 6.07) is 33.3. The molecule has 0 heterocycles. The fraction of sp³-hybridized carbons (Fsp3) is 0.257. The second-order valence-corrected chi connectivity index (χ2v) is 11.1. The van der Waals surface area contributed by atoms with Crippen LogP contribution in [0.4, 0.5) is 0 Å². The number of thioether (sulfide) groups is 1. The van der Waals surface area contributed by atoms with E-state index in [2.05, 4.69) is 29.6 Å². The van der Waals surface area contributed by atoms with Crippen molar-refractivity contribution in [3.8, 4) is 11.1 Å². The van der Waals surface area contributed by atoms with Crippen molar-refractivity contribution in [1.29, 1.82) is 0 Å². The summed E-state index contributed by atoms with van der Waals surface area (Å²) in [7, 11) is 0. The molecule has 1 unspecified atom stereocenters. The van der Waals surface area contributed by atoms with Gasteiger partial charge in [0.2, 0.25) is 0 Å². The van der Waals surface area contributed by atoms with E-state index in [1.165, 1.54) is 11.1 Å². The molecule has 4 aromatic rings. The molecule has 0 aliphatic carbocycles. The van der Waals surface area contributed by atoms with E-state index in [1.54, 1.807) is 17.8 Å². The van der Waals surface area contributed by atoms with Crippen molar-refractivity contribution < 1.29 is 19.4 Å². The average molecular weight is 576 g/mol. The van der Waals surface area contributed by atoms with Gasteiger partial charge < -0.3 is 15.2 Å². The number of hydrogen-bond acceptors (Lipinski definition) is 4. The number of ether oxygens (including phenoxy) is 1. The number of rotatable bonds is 14. The van der Waals surface area contributed by atoms with Crippen LogP contribution in [0.1, 0.15) is 39.0 Å². The van der Waals surface area contributed by atoms with Crippen LogP contribution in [-0.4, -0.2) is 60.0 Å². The number of carboxylic acids is 1. The first-order valence-corrected chi connectivity index (χ1v) is 15.2. The van der Waals surface area contributed by atoms with Crippen LogP contribution in [0.5, 0.6) is 0 Å². The Labute approximate surface area is 265 Å².